The standard InChI is InChI=1S/C21H21N3O3/c1-3-14-7-9-17(10-8-14)24-13-16(12-19(24)25)21-22-20(23-27-21)15-5-4-6-18(11-15)26-2/h4-11,16H,3,12-13H2,1-2H3. The van der Waals surface area contributed by atoms with Crippen LogP contribution >= 0.6 is 0 Å². The van der Waals surface area contributed by atoms with Gasteiger partial charge in [-0.1, -0.05) is 36.3 Å². The quantitative estimate of drug-likeness (QED) is 0.689. The fourth-order valence-electron chi connectivity index (χ4n) is 3.31. The van der Waals surface area contributed by atoms with E-state index >= 15 is 0 Å². The van der Waals surface area contributed by atoms with Gasteiger partial charge in [0.05, 0.1) is 13.0 Å². The van der Waals surface area contributed by atoms with E-state index in [1.54, 1.807) is 12.0 Å². The number of carbonyl (C=O) groups excluding carboxylic acids is 1. The molecule has 6 nitrogen and oxygen atoms in total. The SMILES string of the molecule is CCc1ccc(N2CC(c3nc(-c4cccc(OC)c4)no3)CC2=O)cc1. The molecule has 0 bridgehead atoms. The number of amides is 1. The van der Waals surface area contributed by atoms with Crippen LogP contribution < -0.4 is 9.64 Å². The van der Waals surface area contributed by atoms with E-state index in [2.05, 4.69) is 29.2 Å². The molecule has 0 N–H and O–H groups in total. The third-order valence-corrected chi connectivity index (χ3v) is 4.90. The minimum atomic E-state index is -0.102. The van der Waals surface area contributed by atoms with Gasteiger partial charge in [0.1, 0.15) is 5.75 Å². The number of carbonyl (C=O) groups is 1. The molecule has 0 aliphatic carbocycles. The van der Waals surface area contributed by atoms with Gasteiger partial charge in [-0.25, -0.2) is 0 Å². The summed E-state index contributed by atoms with van der Waals surface area (Å²) in [5, 5.41) is 4.08. The van der Waals surface area contributed by atoms with Crippen LogP contribution in [0.5, 0.6) is 5.75 Å². The average Bonchev–Trinajstić information content (AvgIpc) is 3.35. The Labute approximate surface area is 157 Å². The molecule has 6 heteroatoms. The number of hydrogen-bond donors (Lipinski definition) is 0. The lowest BCUT2D eigenvalue weighted by Crippen LogP contribution is -2.24. The summed E-state index contributed by atoms with van der Waals surface area (Å²) >= 11 is 0. The van der Waals surface area contributed by atoms with Crippen LogP contribution in [0, 0.1) is 0 Å². The van der Waals surface area contributed by atoms with Crippen LogP contribution in [0.1, 0.15) is 30.7 Å². The first-order chi connectivity index (χ1) is 13.2. The van der Waals surface area contributed by atoms with Gasteiger partial charge in [0.15, 0.2) is 0 Å². The molecular weight excluding hydrogens is 342 g/mol. The zero-order valence-corrected chi connectivity index (χ0v) is 15.4. The summed E-state index contributed by atoms with van der Waals surface area (Å²) in [7, 11) is 1.62. The minimum Gasteiger partial charge on any atom is -0.497 e. The Morgan fingerprint density at radius 3 is 2.78 bits per heavy atom. The second kappa shape index (κ2) is 7.23. The Hall–Kier alpha value is -3.15. The molecule has 0 radical (unpaired) electrons. The van der Waals surface area contributed by atoms with Crippen molar-refractivity contribution in [1.29, 1.82) is 0 Å². The summed E-state index contributed by atoms with van der Waals surface area (Å²) in [6.07, 6.45) is 1.35. The molecule has 1 aromatic heterocycles. The molecule has 1 amide bonds. The molecule has 1 aliphatic heterocycles. The molecule has 1 saturated heterocycles. The summed E-state index contributed by atoms with van der Waals surface area (Å²) in [6.45, 7) is 2.66. The molecule has 0 spiro atoms. The number of ether oxygens (including phenoxy) is 1. The van der Waals surface area contributed by atoms with Crippen LogP contribution in [0.3, 0.4) is 0 Å². The van der Waals surface area contributed by atoms with Crippen molar-refractivity contribution < 1.29 is 14.1 Å². The maximum atomic E-state index is 12.5. The van der Waals surface area contributed by atoms with E-state index in [0.717, 1.165) is 23.4 Å². The summed E-state index contributed by atoms with van der Waals surface area (Å²) in [5.41, 5.74) is 2.98. The smallest absolute Gasteiger partial charge is 0.232 e. The number of rotatable bonds is 5. The van der Waals surface area contributed by atoms with Crippen molar-refractivity contribution in [3.63, 3.8) is 0 Å². The Morgan fingerprint density at radius 1 is 1.22 bits per heavy atom. The van der Waals surface area contributed by atoms with Gasteiger partial charge in [-0.05, 0) is 36.2 Å². The van der Waals surface area contributed by atoms with E-state index in [0.29, 0.717) is 24.7 Å². The zero-order chi connectivity index (χ0) is 18.8. The highest BCUT2D eigenvalue weighted by atomic mass is 16.5. The molecule has 1 aliphatic rings. The van der Waals surface area contributed by atoms with Gasteiger partial charge in [0.2, 0.25) is 17.6 Å². The summed E-state index contributed by atoms with van der Waals surface area (Å²) < 4.78 is 10.7. The summed E-state index contributed by atoms with van der Waals surface area (Å²) in [4.78, 5) is 18.8. The molecule has 1 atom stereocenters. The average molecular weight is 363 g/mol. The van der Waals surface area contributed by atoms with Crippen molar-refractivity contribution in [3.05, 3.63) is 60.0 Å². The minimum absolute atomic E-state index is 0.0744. The van der Waals surface area contributed by atoms with Crippen LogP contribution in [-0.4, -0.2) is 29.7 Å². The lowest BCUT2D eigenvalue weighted by atomic mass is 10.1. The van der Waals surface area contributed by atoms with Gasteiger partial charge in [-0.2, -0.15) is 4.98 Å². The van der Waals surface area contributed by atoms with E-state index in [-0.39, 0.29) is 11.8 Å². The molecule has 138 valence electrons. The molecular formula is C21H21N3O3. The molecule has 1 unspecified atom stereocenters. The molecule has 2 heterocycles. The highest BCUT2D eigenvalue weighted by Gasteiger charge is 2.35. The fourth-order valence-corrected chi connectivity index (χ4v) is 3.31. The van der Waals surface area contributed by atoms with E-state index in [9.17, 15) is 4.79 Å². The molecule has 1 fully saturated rings. The third kappa shape index (κ3) is 3.43. The zero-order valence-electron chi connectivity index (χ0n) is 15.4. The van der Waals surface area contributed by atoms with Crippen molar-refractivity contribution in [1.82, 2.24) is 10.1 Å². The molecule has 0 saturated carbocycles. The Bertz CT molecular complexity index is 949. The lowest BCUT2D eigenvalue weighted by molar-refractivity contribution is -0.117. The van der Waals surface area contributed by atoms with E-state index in [4.69, 9.17) is 9.26 Å². The first kappa shape index (κ1) is 17.3. The van der Waals surface area contributed by atoms with E-state index in [1.807, 2.05) is 36.4 Å². The monoisotopic (exact) mass is 363 g/mol. The lowest BCUT2D eigenvalue weighted by Gasteiger charge is -2.16. The van der Waals surface area contributed by atoms with Crippen LogP contribution in [0.2, 0.25) is 0 Å². The number of hydrogen-bond acceptors (Lipinski definition) is 5. The van der Waals surface area contributed by atoms with Gasteiger partial charge in [0, 0.05) is 24.2 Å². The highest BCUT2D eigenvalue weighted by molar-refractivity contribution is 5.96. The van der Waals surface area contributed by atoms with Gasteiger partial charge < -0.3 is 14.2 Å². The van der Waals surface area contributed by atoms with Crippen molar-refractivity contribution in [2.24, 2.45) is 0 Å². The molecule has 27 heavy (non-hydrogen) atoms. The van der Waals surface area contributed by atoms with Crippen LogP contribution in [0.4, 0.5) is 5.69 Å². The number of benzene rings is 2. The number of methoxy groups -OCH3 is 1. The second-order valence-electron chi connectivity index (χ2n) is 6.61. The largest absolute Gasteiger partial charge is 0.497 e. The maximum Gasteiger partial charge on any atom is 0.232 e. The third-order valence-electron chi connectivity index (χ3n) is 4.90. The maximum absolute atomic E-state index is 12.5. The van der Waals surface area contributed by atoms with Gasteiger partial charge in [-0.15, -0.1) is 0 Å². The van der Waals surface area contributed by atoms with Crippen LogP contribution in [0.15, 0.2) is 53.1 Å². The van der Waals surface area contributed by atoms with Crippen LogP contribution in [-0.2, 0) is 11.2 Å². The van der Waals surface area contributed by atoms with Gasteiger partial charge >= 0.3 is 0 Å². The Morgan fingerprint density at radius 2 is 2.04 bits per heavy atom. The van der Waals surface area contributed by atoms with Crippen molar-refractivity contribution in [3.8, 4) is 17.1 Å². The Kier molecular flexibility index (Phi) is 4.62. The molecule has 3 aromatic rings. The first-order valence-electron chi connectivity index (χ1n) is 9.05. The van der Waals surface area contributed by atoms with Gasteiger partial charge in [0.25, 0.3) is 0 Å². The predicted octanol–water partition coefficient (Wildman–Crippen LogP) is 3.83. The van der Waals surface area contributed by atoms with Crippen molar-refractivity contribution in [2.45, 2.75) is 25.7 Å². The number of anilines is 1. The summed E-state index contributed by atoms with van der Waals surface area (Å²) in [5.74, 6) is 1.70. The summed E-state index contributed by atoms with van der Waals surface area (Å²) in [6, 6.07) is 15.6. The van der Waals surface area contributed by atoms with Crippen molar-refractivity contribution >= 4 is 11.6 Å². The second-order valence-corrected chi connectivity index (χ2v) is 6.61. The number of aromatic nitrogens is 2. The Balaban J connectivity index is 1.53. The number of nitrogens with zero attached hydrogens (tertiary/aromatic N) is 3. The highest BCUT2D eigenvalue weighted by Crippen LogP contribution is 2.32. The predicted molar refractivity (Wildman–Crippen MR) is 102 cm³/mol. The van der Waals surface area contributed by atoms with Gasteiger partial charge in [-0.3, -0.25) is 4.79 Å². The van der Waals surface area contributed by atoms with E-state index in [1.165, 1.54) is 5.56 Å². The topological polar surface area (TPSA) is 68.5 Å². The number of aryl methyl sites for hydroxylation is 1. The van der Waals surface area contributed by atoms with Crippen molar-refractivity contribution in [2.75, 3.05) is 18.6 Å². The first-order valence-corrected chi connectivity index (χ1v) is 9.05. The van der Waals surface area contributed by atoms with Crippen LogP contribution in [0.25, 0.3) is 11.4 Å². The van der Waals surface area contributed by atoms with E-state index < -0.39 is 0 Å². The fraction of sp³-hybridized carbons (Fsp3) is 0.286. The molecule has 4 rings (SSSR count). The molecule has 2 aromatic carbocycles. The normalized spacial score (nSPS) is 16.7.